The molecule has 2 heterocycles. The molecule has 90 valence electrons. The summed E-state index contributed by atoms with van der Waals surface area (Å²) in [5.41, 5.74) is 2.75. The zero-order valence-corrected chi connectivity index (χ0v) is 9.86. The van der Waals surface area contributed by atoms with E-state index < -0.39 is 5.91 Å². The van der Waals surface area contributed by atoms with E-state index in [0.717, 1.165) is 5.56 Å². The standard InChI is InChI=1S/C10H11ClN4O2/c1-6-2-8(17-9(6)10(16)14-12)5-15-4-7(11)3-13-15/h2-4H,5,12H2,1H3,(H,14,16). The van der Waals surface area contributed by atoms with Crippen LogP contribution < -0.4 is 11.3 Å². The molecule has 2 rings (SSSR count). The maximum Gasteiger partial charge on any atom is 0.301 e. The van der Waals surface area contributed by atoms with Crippen LogP contribution in [0.25, 0.3) is 0 Å². The summed E-state index contributed by atoms with van der Waals surface area (Å²) in [6, 6.07) is 1.76. The maximum absolute atomic E-state index is 11.3. The van der Waals surface area contributed by atoms with E-state index in [1.165, 1.54) is 6.20 Å². The van der Waals surface area contributed by atoms with Crippen molar-refractivity contribution in [2.24, 2.45) is 5.84 Å². The monoisotopic (exact) mass is 254 g/mol. The quantitative estimate of drug-likeness (QED) is 0.488. The Labute approximate surface area is 102 Å². The molecule has 0 aliphatic carbocycles. The van der Waals surface area contributed by atoms with Gasteiger partial charge in [0.15, 0.2) is 5.76 Å². The van der Waals surface area contributed by atoms with Gasteiger partial charge in [-0.25, -0.2) is 5.84 Å². The molecular formula is C10H11ClN4O2. The van der Waals surface area contributed by atoms with Gasteiger partial charge < -0.3 is 4.42 Å². The molecule has 17 heavy (non-hydrogen) atoms. The molecule has 6 nitrogen and oxygen atoms in total. The van der Waals surface area contributed by atoms with Crippen LogP contribution in [0.2, 0.25) is 5.02 Å². The first kappa shape index (κ1) is 11.7. The average molecular weight is 255 g/mol. The molecule has 3 N–H and O–H groups in total. The van der Waals surface area contributed by atoms with Crippen LogP contribution in [0.5, 0.6) is 0 Å². The second-order valence-corrected chi connectivity index (χ2v) is 3.99. The molecule has 2 aromatic rings. The second-order valence-electron chi connectivity index (χ2n) is 3.55. The Morgan fingerprint density at radius 2 is 2.47 bits per heavy atom. The zero-order valence-electron chi connectivity index (χ0n) is 9.11. The normalized spacial score (nSPS) is 10.5. The lowest BCUT2D eigenvalue weighted by molar-refractivity contribution is 0.0923. The van der Waals surface area contributed by atoms with Crippen LogP contribution in [0.3, 0.4) is 0 Å². The molecule has 0 radical (unpaired) electrons. The van der Waals surface area contributed by atoms with E-state index in [-0.39, 0.29) is 5.76 Å². The minimum atomic E-state index is -0.452. The van der Waals surface area contributed by atoms with Crippen LogP contribution in [0.4, 0.5) is 0 Å². The third kappa shape index (κ3) is 2.48. The number of hydrogen-bond donors (Lipinski definition) is 2. The number of aromatic nitrogens is 2. The van der Waals surface area contributed by atoms with Crippen LogP contribution in [0.1, 0.15) is 21.9 Å². The van der Waals surface area contributed by atoms with Gasteiger partial charge in [0, 0.05) is 11.8 Å². The molecular weight excluding hydrogens is 244 g/mol. The van der Waals surface area contributed by atoms with Gasteiger partial charge in [0.05, 0.1) is 17.8 Å². The predicted molar refractivity (Wildman–Crippen MR) is 61.4 cm³/mol. The van der Waals surface area contributed by atoms with E-state index >= 15 is 0 Å². The lowest BCUT2D eigenvalue weighted by Gasteiger charge is -1.97. The summed E-state index contributed by atoms with van der Waals surface area (Å²) in [4.78, 5) is 11.3. The summed E-state index contributed by atoms with van der Waals surface area (Å²) in [5.74, 6) is 5.41. The van der Waals surface area contributed by atoms with Crippen LogP contribution in [0, 0.1) is 6.92 Å². The number of hydrogen-bond acceptors (Lipinski definition) is 4. The molecule has 0 saturated carbocycles. The Morgan fingerprint density at radius 1 is 1.71 bits per heavy atom. The van der Waals surface area contributed by atoms with Crippen LogP contribution in [-0.4, -0.2) is 15.7 Å². The molecule has 1 amide bonds. The van der Waals surface area contributed by atoms with Crippen LogP contribution in [-0.2, 0) is 6.54 Å². The third-order valence-corrected chi connectivity index (χ3v) is 2.42. The molecule has 0 aliphatic heterocycles. The van der Waals surface area contributed by atoms with Gasteiger partial charge in [-0.2, -0.15) is 5.10 Å². The maximum atomic E-state index is 11.3. The van der Waals surface area contributed by atoms with Gasteiger partial charge in [0.25, 0.3) is 0 Å². The fourth-order valence-corrected chi connectivity index (χ4v) is 1.66. The number of nitrogens with two attached hydrogens (primary N) is 1. The molecule has 0 aromatic carbocycles. The van der Waals surface area contributed by atoms with Gasteiger partial charge in [-0.1, -0.05) is 11.6 Å². The predicted octanol–water partition coefficient (Wildman–Crippen LogP) is 1.09. The number of aryl methyl sites for hydroxylation is 1. The van der Waals surface area contributed by atoms with Gasteiger partial charge in [0.2, 0.25) is 0 Å². The molecule has 7 heteroatoms. The number of hydrazine groups is 1. The first-order valence-corrected chi connectivity index (χ1v) is 5.26. The average Bonchev–Trinajstić information content (AvgIpc) is 2.85. The second kappa shape index (κ2) is 4.60. The topological polar surface area (TPSA) is 86.1 Å². The lowest BCUT2D eigenvalue weighted by Crippen LogP contribution is -2.30. The molecule has 0 bridgehead atoms. The van der Waals surface area contributed by atoms with Crippen LogP contribution in [0.15, 0.2) is 22.9 Å². The summed E-state index contributed by atoms with van der Waals surface area (Å²) in [5, 5.41) is 4.56. The number of nitrogen functional groups attached to an aromatic ring is 1. The Kier molecular flexibility index (Phi) is 3.16. The SMILES string of the molecule is Cc1cc(Cn2cc(Cl)cn2)oc1C(=O)NN. The number of carbonyl (C=O) groups excluding carboxylic acids is 1. The number of rotatable bonds is 3. The molecule has 0 spiro atoms. The highest BCUT2D eigenvalue weighted by atomic mass is 35.5. The fraction of sp³-hybridized carbons (Fsp3) is 0.200. The van der Waals surface area contributed by atoms with Crippen molar-refractivity contribution in [1.82, 2.24) is 15.2 Å². The van der Waals surface area contributed by atoms with Gasteiger partial charge >= 0.3 is 5.91 Å². The molecule has 0 atom stereocenters. The fourth-order valence-electron chi connectivity index (χ4n) is 1.50. The number of nitrogens with zero attached hydrogens (tertiary/aromatic N) is 2. The Bertz CT molecular complexity index is 546. The van der Waals surface area contributed by atoms with Gasteiger partial charge in [-0.15, -0.1) is 0 Å². The Balaban J connectivity index is 2.20. The van der Waals surface area contributed by atoms with E-state index in [0.29, 0.717) is 17.3 Å². The highest BCUT2D eigenvalue weighted by molar-refractivity contribution is 6.30. The highest BCUT2D eigenvalue weighted by Gasteiger charge is 2.14. The van der Waals surface area contributed by atoms with E-state index in [1.807, 2.05) is 5.43 Å². The summed E-state index contributed by atoms with van der Waals surface area (Å²) in [7, 11) is 0. The first-order chi connectivity index (χ1) is 8.10. The summed E-state index contributed by atoms with van der Waals surface area (Å²) >= 11 is 5.74. The molecule has 0 aliphatic rings. The molecule has 0 saturated heterocycles. The molecule has 0 unspecified atom stereocenters. The Morgan fingerprint density at radius 3 is 3.06 bits per heavy atom. The minimum absolute atomic E-state index is 0.209. The smallest absolute Gasteiger partial charge is 0.301 e. The van der Waals surface area contributed by atoms with Crippen molar-refractivity contribution in [3.05, 3.63) is 40.6 Å². The summed E-state index contributed by atoms with van der Waals surface area (Å²) in [6.45, 7) is 2.18. The number of nitrogens with one attached hydrogen (secondary N) is 1. The van der Waals surface area contributed by atoms with Crippen molar-refractivity contribution in [2.75, 3.05) is 0 Å². The van der Waals surface area contributed by atoms with Crippen molar-refractivity contribution in [3.63, 3.8) is 0 Å². The number of halogens is 1. The summed E-state index contributed by atoms with van der Waals surface area (Å²) in [6.07, 6.45) is 3.20. The number of amides is 1. The number of furan rings is 1. The van der Waals surface area contributed by atoms with E-state index in [1.54, 1.807) is 23.9 Å². The van der Waals surface area contributed by atoms with Crippen molar-refractivity contribution >= 4 is 17.5 Å². The number of carbonyl (C=O) groups is 1. The van der Waals surface area contributed by atoms with Gasteiger partial charge in [-0.3, -0.25) is 14.9 Å². The lowest BCUT2D eigenvalue weighted by atomic mass is 10.2. The Hall–Kier alpha value is -1.79. The van der Waals surface area contributed by atoms with E-state index in [2.05, 4.69) is 5.10 Å². The van der Waals surface area contributed by atoms with Crippen molar-refractivity contribution in [2.45, 2.75) is 13.5 Å². The van der Waals surface area contributed by atoms with Gasteiger partial charge in [0.1, 0.15) is 5.76 Å². The summed E-state index contributed by atoms with van der Waals surface area (Å²) < 4.78 is 7.00. The highest BCUT2D eigenvalue weighted by Crippen LogP contribution is 2.16. The van der Waals surface area contributed by atoms with E-state index in [9.17, 15) is 4.79 Å². The van der Waals surface area contributed by atoms with Crippen molar-refractivity contribution in [1.29, 1.82) is 0 Å². The first-order valence-electron chi connectivity index (χ1n) is 4.88. The van der Waals surface area contributed by atoms with E-state index in [4.69, 9.17) is 21.9 Å². The minimum Gasteiger partial charge on any atom is -0.454 e. The molecule has 2 aromatic heterocycles. The van der Waals surface area contributed by atoms with Crippen LogP contribution >= 0.6 is 11.6 Å². The van der Waals surface area contributed by atoms with Crippen molar-refractivity contribution < 1.29 is 9.21 Å². The largest absolute Gasteiger partial charge is 0.454 e. The third-order valence-electron chi connectivity index (χ3n) is 2.23. The molecule has 0 fully saturated rings. The van der Waals surface area contributed by atoms with Crippen molar-refractivity contribution in [3.8, 4) is 0 Å². The zero-order chi connectivity index (χ0) is 12.4. The van der Waals surface area contributed by atoms with Gasteiger partial charge in [-0.05, 0) is 13.0 Å².